The molecule has 2 aromatic rings. The predicted molar refractivity (Wildman–Crippen MR) is 88.3 cm³/mol. The van der Waals surface area contributed by atoms with E-state index in [4.69, 9.17) is 9.47 Å². The fraction of sp³-hybridized carbons (Fsp3) is 0.471. The van der Waals surface area contributed by atoms with Crippen molar-refractivity contribution in [2.24, 2.45) is 5.92 Å². The first-order valence-electron chi connectivity index (χ1n) is 7.82. The summed E-state index contributed by atoms with van der Waals surface area (Å²) < 4.78 is 10.7. The smallest absolute Gasteiger partial charge is 0.162 e. The van der Waals surface area contributed by atoms with Crippen LogP contribution in [0.5, 0.6) is 11.5 Å². The van der Waals surface area contributed by atoms with E-state index >= 15 is 0 Å². The second kappa shape index (κ2) is 6.81. The summed E-state index contributed by atoms with van der Waals surface area (Å²) in [5, 5.41) is 0.957. The Kier molecular flexibility index (Phi) is 4.60. The van der Waals surface area contributed by atoms with E-state index in [1.165, 1.54) is 0 Å². The van der Waals surface area contributed by atoms with Gasteiger partial charge in [0, 0.05) is 31.0 Å². The van der Waals surface area contributed by atoms with Crippen molar-refractivity contribution < 1.29 is 14.3 Å². The summed E-state index contributed by atoms with van der Waals surface area (Å²) in [6.45, 7) is 1.80. The normalized spacial score (nSPS) is 15.7. The molecule has 6 nitrogen and oxygen atoms in total. The van der Waals surface area contributed by atoms with E-state index in [2.05, 4.69) is 14.9 Å². The van der Waals surface area contributed by atoms with Crippen molar-refractivity contribution in [2.75, 3.05) is 32.2 Å². The Labute approximate surface area is 135 Å². The van der Waals surface area contributed by atoms with Crippen LogP contribution in [0.2, 0.25) is 0 Å². The van der Waals surface area contributed by atoms with Crippen molar-refractivity contribution in [1.29, 1.82) is 0 Å². The Morgan fingerprint density at radius 2 is 1.87 bits per heavy atom. The Bertz CT molecular complexity index is 697. The van der Waals surface area contributed by atoms with Gasteiger partial charge in [0.25, 0.3) is 0 Å². The highest BCUT2D eigenvalue weighted by atomic mass is 16.5. The molecular formula is C17H21N3O3. The molecule has 2 heterocycles. The average Bonchev–Trinajstić information content (AvgIpc) is 2.61. The fourth-order valence-corrected chi connectivity index (χ4v) is 3.14. The molecule has 0 saturated carbocycles. The number of rotatable bonds is 5. The van der Waals surface area contributed by atoms with Crippen molar-refractivity contribution >= 4 is 23.0 Å². The lowest BCUT2D eigenvalue weighted by Gasteiger charge is -2.32. The van der Waals surface area contributed by atoms with Crippen LogP contribution in [-0.2, 0) is 4.79 Å². The number of anilines is 1. The van der Waals surface area contributed by atoms with Crippen LogP contribution >= 0.6 is 0 Å². The molecule has 0 atom stereocenters. The van der Waals surface area contributed by atoms with E-state index in [9.17, 15) is 4.79 Å². The highest BCUT2D eigenvalue weighted by Crippen LogP contribution is 2.35. The van der Waals surface area contributed by atoms with Crippen LogP contribution in [0.25, 0.3) is 10.9 Å². The molecule has 0 N–H and O–H groups in total. The van der Waals surface area contributed by atoms with E-state index in [0.29, 0.717) is 23.8 Å². The number of nitrogens with zero attached hydrogens (tertiary/aromatic N) is 3. The van der Waals surface area contributed by atoms with Crippen LogP contribution in [0.3, 0.4) is 0 Å². The zero-order valence-corrected chi connectivity index (χ0v) is 13.5. The van der Waals surface area contributed by atoms with Crippen molar-refractivity contribution in [3.05, 3.63) is 18.5 Å². The number of ether oxygens (including phenoxy) is 2. The van der Waals surface area contributed by atoms with E-state index in [0.717, 1.165) is 48.9 Å². The minimum Gasteiger partial charge on any atom is -0.493 e. The van der Waals surface area contributed by atoms with Gasteiger partial charge in [-0.05, 0) is 24.8 Å². The number of aromatic nitrogens is 2. The first kappa shape index (κ1) is 15.5. The molecule has 0 radical (unpaired) electrons. The van der Waals surface area contributed by atoms with Gasteiger partial charge >= 0.3 is 0 Å². The van der Waals surface area contributed by atoms with Crippen LogP contribution < -0.4 is 14.4 Å². The molecule has 0 spiro atoms. The number of benzene rings is 1. The van der Waals surface area contributed by atoms with Crippen molar-refractivity contribution in [3.63, 3.8) is 0 Å². The first-order valence-corrected chi connectivity index (χ1v) is 7.82. The van der Waals surface area contributed by atoms with Crippen LogP contribution in [0, 0.1) is 5.92 Å². The number of hydrogen-bond donors (Lipinski definition) is 0. The molecular weight excluding hydrogens is 294 g/mol. The van der Waals surface area contributed by atoms with Gasteiger partial charge in [0.05, 0.1) is 19.7 Å². The summed E-state index contributed by atoms with van der Waals surface area (Å²) in [5.74, 6) is 2.74. The summed E-state index contributed by atoms with van der Waals surface area (Å²) >= 11 is 0. The molecule has 23 heavy (non-hydrogen) atoms. The highest BCUT2D eigenvalue weighted by molar-refractivity contribution is 5.92. The number of fused-ring (bicyclic) bond motifs is 1. The van der Waals surface area contributed by atoms with E-state index in [-0.39, 0.29) is 0 Å². The summed E-state index contributed by atoms with van der Waals surface area (Å²) in [4.78, 5) is 21.8. The standard InChI is InChI=1S/C17H21N3O3/c1-22-15-9-13-14(10-16(15)23-2)18-11-19-17(13)20-6-3-12(4-7-20)5-8-21/h8-12H,3-7H2,1-2H3. The van der Waals surface area contributed by atoms with Gasteiger partial charge in [-0.2, -0.15) is 0 Å². The topological polar surface area (TPSA) is 64.6 Å². The lowest BCUT2D eigenvalue weighted by molar-refractivity contribution is -0.108. The molecule has 1 fully saturated rings. The molecule has 1 aromatic carbocycles. The maximum absolute atomic E-state index is 10.7. The number of piperidine rings is 1. The van der Waals surface area contributed by atoms with Crippen molar-refractivity contribution in [2.45, 2.75) is 19.3 Å². The zero-order chi connectivity index (χ0) is 16.2. The predicted octanol–water partition coefficient (Wildman–Crippen LogP) is 2.45. The molecule has 0 aliphatic carbocycles. The third kappa shape index (κ3) is 3.06. The Morgan fingerprint density at radius 3 is 2.52 bits per heavy atom. The largest absolute Gasteiger partial charge is 0.493 e. The molecule has 0 bridgehead atoms. The number of carbonyl (C=O) groups is 1. The monoisotopic (exact) mass is 315 g/mol. The molecule has 1 aliphatic heterocycles. The summed E-state index contributed by atoms with van der Waals surface area (Å²) in [7, 11) is 3.24. The van der Waals surface area contributed by atoms with Crippen LogP contribution in [0.15, 0.2) is 18.5 Å². The third-order valence-corrected chi connectivity index (χ3v) is 4.46. The SMILES string of the molecule is COc1cc2ncnc(N3CCC(CC=O)CC3)c2cc1OC. The quantitative estimate of drug-likeness (QED) is 0.790. The number of carbonyl (C=O) groups excluding carboxylic acids is 1. The average molecular weight is 315 g/mol. The maximum atomic E-state index is 10.7. The summed E-state index contributed by atoms with van der Waals surface area (Å²) in [6.07, 6.45) is 5.29. The fourth-order valence-electron chi connectivity index (χ4n) is 3.14. The highest BCUT2D eigenvalue weighted by Gasteiger charge is 2.22. The second-order valence-corrected chi connectivity index (χ2v) is 5.75. The summed E-state index contributed by atoms with van der Waals surface area (Å²) in [5.41, 5.74) is 0.836. The number of methoxy groups -OCH3 is 2. The minimum atomic E-state index is 0.492. The number of aldehydes is 1. The molecule has 122 valence electrons. The van der Waals surface area contributed by atoms with Gasteiger partial charge in [0.1, 0.15) is 18.4 Å². The molecule has 0 unspecified atom stereocenters. The van der Waals surface area contributed by atoms with Gasteiger partial charge in [-0.25, -0.2) is 9.97 Å². The van der Waals surface area contributed by atoms with Gasteiger partial charge < -0.3 is 19.2 Å². The second-order valence-electron chi connectivity index (χ2n) is 5.75. The van der Waals surface area contributed by atoms with Crippen LogP contribution in [0.1, 0.15) is 19.3 Å². The van der Waals surface area contributed by atoms with E-state index < -0.39 is 0 Å². The Balaban J connectivity index is 1.93. The first-order chi connectivity index (χ1) is 11.3. The summed E-state index contributed by atoms with van der Waals surface area (Å²) in [6, 6.07) is 3.81. The molecule has 1 aliphatic rings. The van der Waals surface area contributed by atoms with Crippen molar-refractivity contribution in [1.82, 2.24) is 9.97 Å². The van der Waals surface area contributed by atoms with Gasteiger partial charge in [-0.1, -0.05) is 0 Å². The van der Waals surface area contributed by atoms with Gasteiger partial charge in [-0.15, -0.1) is 0 Å². The van der Waals surface area contributed by atoms with Crippen LogP contribution in [-0.4, -0.2) is 43.6 Å². The maximum Gasteiger partial charge on any atom is 0.162 e. The molecule has 3 rings (SSSR count). The minimum absolute atomic E-state index is 0.492. The Morgan fingerprint density at radius 1 is 1.17 bits per heavy atom. The Hall–Kier alpha value is -2.37. The molecule has 6 heteroatoms. The lowest BCUT2D eigenvalue weighted by Crippen LogP contribution is -2.34. The van der Waals surface area contributed by atoms with E-state index in [1.54, 1.807) is 20.5 Å². The zero-order valence-electron chi connectivity index (χ0n) is 13.5. The molecule has 0 amide bonds. The lowest BCUT2D eigenvalue weighted by atomic mass is 9.94. The molecule has 1 aromatic heterocycles. The van der Waals surface area contributed by atoms with Gasteiger partial charge in [0.15, 0.2) is 11.5 Å². The van der Waals surface area contributed by atoms with E-state index in [1.807, 2.05) is 12.1 Å². The van der Waals surface area contributed by atoms with Crippen LogP contribution in [0.4, 0.5) is 5.82 Å². The van der Waals surface area contributed by atoms with Crippen molar-refractivity contribution in [3.8, 4) is 11.5 Å². The number of hydrogen-bond acceptors (Lipinski definition) is 6. The molecule has 1 saturated heterocycles. The third-order valence-electron chi connectivity index (χ3n) is 4.46. The van der Waals surface area contributed by atoms with Gasteiger partial charge in [0.2, 0.25) is 0 Å². The van der Waals surface area contributed by atoms with Gasteiger partial charge in [-0.3, -0.25) is 0 Å².